The first-order valence-electron chi connectivity index (χ1n) is 6.11. The number of nitrogens with zero attached hydrogens (tertiary/aromatic N) is 2. The summed E-state index contributed by atoms with van der Waals surface area (Å²) in [5.74, 6) is 2.22. The number of hydrogen-bond acceptors (Lipinski definition) is 3. The average molecular weight is 218 g/mol. The van der Waals surface area contributed by atoms with Crippen molar-refractivity contribution < 1.29 is 5.11 Å². The van der Waals surface area contributed by atoms with E-state index < -0.39 is 0 Å². The predicted molar refractivity (Wildman–Crippen MR) is 63.4 cm³/mol. The minimum atomic E-state index is -0.0835. The van der Waals surface area contributed by atoms with Gasteiger partial charge in [-0.15, -0.1) is 0 Å². The molecule has 1 saturated carbocycles. The number of anilines is 1. The van der Waals surface area contributed by atoms with Crippen LogP contribution in [0.25, 0.3) is 0 Å². The summed E-state index contributed by atoms with van der Waals surface area (Å²) >= 11 is 0. The summed E-state index contributed by atoms with van der Waals surface area (Å²) in [6.45, 7) is 4.07. The van der Waals surface area contributed by atoms with Crippen molar-refractivity contribution in [2.24, 2.45) is 11.8 Å². The normalized spacial score (nSPS) is 33.1. The van der Waals surface area contributed by atoms with Crippen LogP contribution < -0.4 is 4.90 Å². The zero-order chi connectivity index (χ0) is 11.1. The van der Waals surface area contributed by atoms with E-state index in [1.54, 1.807) is 0 Å². The van der Waals surface area contributed by atoms with Crippen molar-refractivity contribution in [3.8, 4) is 0 Å². The highest BCUT2D eigenvalue weighted by Crippen LogP contribution is 2.39. The molecule has 2 heterocycles. The number of aliphatic hydroxyl groups is 1. The lowest BCUT2D eigenvalue weighted by Crippen LogP contribution is -2.25. The molecule has 1 aromatic heterocycles. The Hall–Kier alpha value is -1.09. The molecule has 1 saturated heterocycles. The molecular formula is C13H18N2O. The molecule has 3 nitrogen and oxygen atoms in total. The first kappa shape index (κ1) is 10.1. The summed E-state index contributed by atoms with van der Waals surface area (Å²) in [6.07, 6.45) is 2.08. The molecule has 1 aliphatic carbocycles. The molecular weight excluding hydrogens is 200 g/mol. The van der Waals surface area contributed by atoms with Gasteiger partial charge in [0.05, 0.1) is 6.10 Å². The van der Waals surface area contributed by atoms with E-state index in [9.17, 15) is 5.11 Å². The molecule has 0 radical (unpaired) electrons. The van der Waals surface area contributed by atoms with Crippen molar-refractivity contribution in [1.29, 1.82) is 0 Å². The van der Waals surface area contributed by atoms with Gasteiger partial charge in [-0.3, -0.25) is 0 Å². The first-order valence-corrected chi connectivity index (χ1v) is 6.11. The molecule has 3 atom stereocenters. The summed E-state index contributed by atoms with van der Waals surface area (Å²) in [4.78, 5) is 6.88. The van der Waals surface area contributed by atoms with Gasteiger partial charge in [-0.1, -0.05) is 6.07 Å². The van der Waals surface area contributed by atoms with E-state index in [2.05, 4.69) is 22.0 Å². The number of aryl methyl sites for hydroxylation is 1. The number of pyridine rings is 1. The van der Waals surface area contributed by atoms with Gasteiger partial charge in [-0.25, -0.2) is 4.98 Å². The van der Waals surface area contributed by atoms with Crippen LogP contribution in [0.15, 0.2) is 18.2 Å². The van der Waals surface area contributed by atoms with Gasteiger partial charge in [0.1, 0.15) is 5.82 Å². The average Bonchev–Trinajstić information content (AvgIpc) is 2.81. The molecule has 0 spiro atoms. The van der Waals surface area contributed by atoms with Crippen molar-refractivity contribution in [2.45, 2.75) is 25.9 Å². The number of aliphatic hydroxyl groups excluding tert-OH is 1. The Balaban J connectivity index is 1.79. The molecule has 3 rings (SSSR count). The van der Waals surface area contributed by atoms with Gasteiger partial charge in [0.15, 0.2) is 0 Å². The smallest absolute Gasteiger partial charge is 0.128 e. The van der Waals surface area contributed by atoms with Crippen molar-refractivity contribution in [3.05, 3.63) is 23.9 Å². The maximum atomic E-state index is 9.87. The monoisotopic (exact) mass is 218 g/mol. The summed E-state index contributed by atoms with van der Waals surface area (Å²) in [7, 11) is 0. The molecule has 3 heteroatoms. The fraction of sp³-hybridized carbons (Fsp3) is 0.615. The third-order valence-electron chi connectivity index (χ3n) is 4.02. The molecule has 2 fully saturated rings. The van der Waals surface area contributed by atoms with Gasteiger partial charge in [0.25, 0.3) is 0 Å². The Morgan fingerprint density at radius 3 is 2.94 bits per heavy atom. The third kappa shape index (κ3) is 1.59. The van der Waals surface area contributed by atoms with Crippen molar-refractivity contribution in [1.82, 2.24) is 4.98 Å². The highest BCUT2D eigenvalue weighted by Gasteiger charge is 2.42. The minimum Gasteiger partial charge on any atom is -0.393 e. The molecule has 86 valence electrons. The number of fused-ring (bicyclic) bond motifs is 1. The Morgan fingerprint density at radius 2 is 2.19 bits per heavy atom. The molecule has 16 heavy (non-hydrogen) atoms. The molecule has 2 aliphatic rings. The Labute approximate surface area is 96.1 Å². The van der Waals surface area contributed by atoms with E-state index in [1.165, 1.54) is 6.42 Å². The van der Waals surface area contributed by atoms with E-state index in [0.29, 0.717) is 11.8 Å². The van der Waals surface area contributed by atoms with Crippen molar-refractivity contribution in [2.75, 3.05) is 18.0 Å². The van der Waals surface area contributed by atoms with Crippen LogP contribution in [-0.2, 0) is 0 Å². The van der Waals surface area contributed by atoms with Crippen LogP contribution in [0.5, 0.6) is 0 Å². The second-order valence-corrected chi connectivity index (χ2v) is 5.11. The summed E-state index contributed by atoms with van der Waals surface area (Å²) in [6, 6.07) is 6.15. The maximum Gasteiger partial charge on any atom is 0.128 e. The molecule has 1 N–H and O–H groups in total. The van der Waals surface area contributed by atoms with Gasteiger partial charge in [0.2, 0.25) is 0 Å². The van der Waals surface area contributed by atoms with E-state index in [0.717, 1.165) is 31.0 Å². The van der Waals surface area contributed by atoms with Gasteiger partial charge < -0.3 is 10.0 Å². The van der Waals surface area contributed by atoms with Crippen LogP contribution in [0, 0.1) is 18.8 Å². The first-order chi connectivity index (χ1) is 7.74. The SMILES string of the molecule is Cc1cccc(N2CC3CCC(O)C3C2)n1. The summed E-state index contributed by atoms with van der Waals surface area (Å²) < 4.78 is 0. The lowest BCUT2D eigenvalue weighted by molar-refractivity contribution is 0.133. The van der Waals surface area contributed by atoms with E-state index in [1.807, 2.05) is 13.0 Å². The predicted octanol–water partition coefficient (Wildman–Crippen LogP) is 1.60. The van der Waals surface area contributed by atoms with Crippen LogP contribution in [0.1, 0.15) is 18.5 Å². The number of hydrogen-bond donors (Lipinski definition) is 1. The van der Waals surface area contributed by atoms with E-state index >= 15 is 0 Å². The van der Waals surface area contributed by atoms with Crippen LogP contribution in [0.3, 0.4) is 0 Å². The zero-order valence-electron chi connectivity index (χ0n) is 9.63. The van der Waals surface area contributed by atoms with Crippen LogP contribution in [0.4, 0.5) is 5.82 Å². The summed E-state index contributed by atoms with van der Waals surface area (Å²) in [5.41, 5.74) is 1.06. The topological polar surface area (TPSA) is 36.4 Å². The second kappa shape index (κ2) is 3.74. The van der Waals surface area contributed by atoms with Gasteiger partial charge in [-0.05, 0) is 37.8 Å². The molecule has 0 aromatic carbocycles. The Morgan fingerprint density at radius 1 is 1.31 bits per heavy atom. The molecule has 1 aromatic rings. The van der Waals surface area contributed by atoms with Crippen LogP contribution in [0.2, 0.25) is 0 Å². The fourth-order valence-electron chi connectivity index (χ4n) is 3.13. The van der Waals surface area contributed by atoms with Gasteiger partial charge >= 0.3 is 0 Å². The summed E-state index contributed by atoms with van der Waals surface area (Å²) in [5, 5.41) is 9.87. The maximum absolute atomic E-state index is 9.87. The Bertz CT molecular complexity index is 393. The standard InChI is InChI=1S/C13H18N2O/c1-9-3-2-4-13(14-9)15-7-10-5-6-12(16)11(10)8-15/h2-4,10-12,16H,5-8H2,1H3. The molecule has 3 unspecified atom stereocenters. The Kier molecular flexibility index (Phi) is 2.36. The quantitative estimate of drug-likeness (QED) is 0.777. The fourth-order valence-corrected chi connectivity index (χ4v) is 3.13. The van der Waals surface area contributed by atoms with E-state index in [-0.39, 0.29) is 6.10 Å². The zero-order valence-corrected chi connectivity index (χ0v) is 9.63. The molecule has 0 bridgehead atoms. The third-order valence-corrected chi connectivity index (χ3v) is 4.02. The highest BCUT2D eigenvalue weighted by atomic mass is 16.3. The lowest BCUT2D eigenvalue weighted by atomic mass is 10.00. The van der Waals surface area contributed by atoms with E-state index in [4.69, 9.17) is 0 Å². The number of rotatable bonds is 1. The van der Waals surface area contributed by atoms with Crippen molar-refractivity contribution >= 4 is 5.82 Å². The van der Waals surface area contributed by atoms with Crippen LogP contribution in [-0.4, -0.2) is 29.3 Å². The van der Waals surface area contributed by atoms with Gasteiger partial charge in [-0.2, -0.15) is 0 Å². The largest absolute Gasteiger partial charge is 0.393 e. The highest BCUT2D eigenvalue weighted by molar-refractivity contribution is 5.41. The van der Waals surface area contributed by atoms with Crippen molar-refractivity contribution in [3.63, 3.8) is 0 Å². The van der Waals surface area contributed by atoms with Crippen LogP contribution >= 0.6 is 0 Å². The lowest BCUT2D eigenvalue weighted by Gasteiger charge is -2.19. The molecule has 1 aliphatic heterocycles. The minimum absolute atomic E-state index is 0.0835. The molecule has 0 amide bonds. The second-order valence-electron chi connectivity index (χ2n) is 5.11. The van der Waals surface area contributed by atoms with Gasteiger partial charge in [0, 0.05) is 24.7 Å². The number of aromatic nitrogens is 1.